The van der Waals surface area contributed by atoms with E-state index in [9.17, 15) is 0 Å². The first-order valence-electron chi connectivity index (χ1n) is 11.1. The Morgan fingerprint density at radius 1 is 0.600 bits per heavy atom. The largest absolute Gasteiger partial charge is 0.149 e. The maximum atomic E-state index is 2.37. The van der Waals surface area contributed by atoms with Crippen LogP contribution in [0.3, 0.4) is 0 Å². The Morgan fingerprint density at radius 3 is 1.57 bits per heavy atom. The molecule has 0 bridgehead atoms. The number of rotatable bonds is 9. The minimum Gasteiger partial charge on any atom is -0.149 e. The smallest absolute Gasteiger partial charge is 0.0712 e. The summed E-state index contributed by atoms with van der Waals surface area (Å²) in [6.07, 6.45) is 6.32. The van der Waals surface area contributed by atoms with Gasteiger partial charge < -0.3 is 0 Å². The van der Waals surface area contributed by atoms with E-state index in [0.29, 0.717) is 0 Å². The van der Waals surface area contributed by atoms with Gasteiger partial charge in [-0.1, -0.05) is 117 Å². The van der Waals surface area contributed by atoms with Gasteiger partial charge in [0.25, 0.3) is 0 Å². The van der Waals surface area contributed by atoms with Crippen molar-refractivity contribution in [1.29, 1.82) is 0 Å². The summed E-state index contributed by atoms with van der Waals surface area (Å²) < 4.78 is 0. The minimum absolute atomic E-state index is 0.302. The van der Waals surface area contributed by atoms with Gasteiger partial charge in [0.1, 0.15) is 0 Å². The van der Waals surface area contributed by atoms with Crippen molar-refractivity contribution >= 4 is 11.3 Å². The number of thiophene rings is 1. The van der Waals surface area contributed by atoms with Crippen LogP contribution >= 0.6 is 11.3 Å². The van der Waals surface area contributed by atoms with E-state index in [0.717, 1.165) is 6.42 Å². The molecule has 0 unspecified atom stereocenters. The van der Waals surface area contributed by atoms with E-state index in [1.54, 1.807) is 0 Å². The summed E-state index contributed by atoms with van der Waals surface area (Å²) in [6, 6.07) is 35.5. The summed E-state index contributed by atoms with van der Waals surface area (Å²) in [7, 11) is 0. The highest BCUT2D eigenvalue weighted by molar-refractivity contribution is 7.10. The van der Waals surface area contributed by atoms with Crippen molar-refractivity contribution in [3.8, 4) is 0 Å². The fourth-order valence-electron chi connectivity index (χ4n) is 4.61. The maximum absolute atomic E-state index is 2.37. The summed E-state index contributed by atoms with van der Waals surface area (Å²) in [5, 5.41) is 2.29. The van der Waals surface area contributed by atoms with E-state index in [1.165, 1.54) is 52.8 Å². The maximum Gasteiger partial charge on any atom is 0.0712 e. The predicted octanol–water partition coefficient (Wildman–Crippen LogP) is 8.25. The fraction of sp³-hybridized carbons (Fsp3) is 0.241. The molecular formula is C29H30S. The molecule has 0 N–H and O–H groups in total. The van der Waals surface area contributed by atoms with Crippen LogP contribution in [0.5, 0.6) is 0 Å². The molecule has 1 heterocycles. The van der Waals surface area contributed by atoms with Crippen molar-refractivity contribution in [2.45, 2.75) is 44.4 Å². The van der Waals surface area contributed by atoms with Gasteiger partial charge in [0.2, 0.25) is 0 Å². The van der Waals surface area contributed by atoms with E-state index >= 15 is 0 Å². The van der Waals surface area contributed by atoms with Crippen molar-refractivity contribution in [1.82, 2.24) is 0 Å². The van der Waals surface area contributed by atoms with Crippen LogP contribution < -0.4 is 0 Å². The van der Waals surface area contributed by atoms with Crippen molar-refractivity contribution < 1.29 is 0 Å². The van der Waals surface area contributed by atoms with Gasteiger partial charge in [-0.05, 0) is 46.5 Å². The van der Waals surface area contributed by atoms with Crippen LogP contribution in [0.15, 0.2) is 102 Å². The molecule has 0 aliphatic heterocycles. The number of hydrogen-bond acceptors (Lipinski definition) is 1. The van der Waals surface area contributed by atoms with Crippen LogP contribution in [0.2, 0.25) is 0 Å². The Labute approximate surface area is 185 Å². The summed E-state index contributed by atoms with van der Waals surface area (Å²) in [4.78, 5) is 1.52. The Kier molecular flexibility index (Phi) is 6.81. The van der Waals surface area contributed by atoms with Crippen LogP contribution in [-0.4, -0.2) is 0 Å². The molecular weight excluding hydrogens is 380 g/mol. The monoisotopic (exact) mass is 410 g/mol. The van der Waals surface area contributed by atoms with Gasteiger partial charge >= 0.3 is 0 Å². The second-order valence-corrected chi connectivity index (χ2v) is 8.92. The lowest BCUT2D eigenvalue weighted by atomic mass is 9.65. The highest BCUT2D eigenvalue weighted by atomic mass is 32.1. The molecule has 0 nitrogen and oxygen atoms in total. The van der Waals surface area contributed by atoms with Gasteiger partial charge in [-0.25, -0.2) is 0 Å². The van der Waals surface area contributed by atoms with Crippen molar-refractivity contribution in [3.63, 3.8) is 0 Å². The number of aryl methyl sites for hydroxylation is 1. The lowest BCUT2D eigenvalue weighted by Gasteiger charge is -2.37. The zero-order valence-corrected chi connectivity index (χ0v) is 18.6. The first kappa shape index (κ1) is 20.6. The zero-order chi connectivity index (χ0) is 20.7. The quantitative estimate of drug-likeness (QED) is 0.192. The van der Waals surface area contributed by atoms with Crippen molar-refractivity contribution in [2.24, 2.45) is 0 Å². The highest BCUT2D eigenvalue weighted by Crippen LogP contribution is 2.47. The molecule has 3 aromatic carbocycles. The lowest BCUT2D eigenvalue weighted by molar-refractivity contribution is 0.661. The number of unbranched alkanes of at least 4 members (excludes halogenated alkanes) is 3. The van der Waals surface area contributed by atoms with E-state index in [2.05, 4.69) is 109 Å². The molecule has 0 saturated heterocycles. The summed E-state index contributed by atoms with van der Waals surface area (Å²) in [6.45, 7) is 2.28. The Morgan fingerprint density at radius 2 is 1.10 bits per heavy atom. The topological polar surface area (TPSA) is 0 Å². The molecule has 0 saturated carbocycles. The predicted molar refractivity (Wildman–Crippen MR) is 130 cm³/mol. The van der Waals surface area contributed by atoms with Gasteiger partial charge in [-0.2, -0.15) is 0 Å². The Balaban J connectivity index is 1.94. The summed E-state index contributed by atoms with van der Waals surface area (Å²) >= 11 is 1.92. The second-order valence-electron chi connectivity index (χ2n) is 7.92. The number of hydrogen-bond donors (Lipinski definition) is 0. The van der Waals surface area contributed by atoms with Gasteiger partial charge in [0.15, 0.2) is 0 Å². The van der Waals surface area contributed by atoms with E-state index in [-0.39, 0.29) is 5.41 Å². The molecule has 0 amide bonds. The van der Waals surface area contributed by atoms with Crippen LogP contribution in [0, 0.1) is 0 Å². The second kappa shape index (κ2) is 9.91. The molecule has 4 aromatic rings. The molecule has 30 heavy (non-hydrogen) atoms. The van der Waals surface area contributed by atoms with E-state index in [4.69, 9.17) is 0 Å². The molecule has 0 aliphatic rings. The fourth-order valence-corrected chi connectivity index (χ4v) is 5.59. The molecule has 0 aliphatic carbocycles. The van der Waals surface area contributed by atoms with E-state index < -0.39 is 0 Å². The van der Waals surface area contributed by atoms with Gasteiger partial charge in [-0.3, -0.25) is 0 Å². The molecule has 4 rings (SSSR count). The third-order valence-corrected chi connectivity index (χ3v) is 7.01. The molecule has 0 spiro atoms. The molecule has 1 heteroatoms. The molecule has 0 fully saturated rings. The van der Waals surface area contributed by atoms with Crippen molar-refractivity contribution in [2.75, 3.05) is 0 Å². The summed E-state index contributed by atoms with van der Waals surface area (Å²) in [5.74, 6) is 0. The Bertz CT molecular complexity index is 919. The van der Waals surface area contributed by atoms with Gasteiger partial charge in [-0.15, -0.1) is 11.3 Å². The molecule has 152 valence electrons. The third-order valence-electron chi connectivity index (χ3n) is 6.03. The summed E-state index contributed by atoms with van der Waals surface area (Å²) in [5.41, 5.74) is 5.12. The Hall–Kier alpha value is -2.64. The first-order valence-corrected chi connectivity index (χ1v) is 12.0. The van der Waals surface area contributed by atoms with Crippen molar-refractivity contribution in [3.05, 3.63) is 130 Å². The molecule has 1 aromatic heterocycles. The highest BCUT2D eigenvalue weighted by Gasteiger charge is 2.40. The SMILES string of the molecule is CCCCCCc1sccc1C(c1ccccc1)(c1ccccc1)c1ccccc1. The third kappa shape index (κ3) is 4.00. The van der Waals surface area contributed by atoms with E-state index in [1.807, 2.05) is 11.3 Å². The molecule has 0 radical (unpaired) electrons. The average molecular weight is 411 g/mol. The van der Waals surface area contributed by atoms with Gasteiger partial charge in [0, 0.05) is 4.88 Å². The standard InChI is InChI=1S/C29H30S/c1-2-3-4-14-21-28-27(22-23-30-28)29(24-15-8-5-9-16-24,25-17-10-6-11-18-25)26-19-12-7-13-20-26/h5-13,15-20,22-23H,2-4,14,21H2,1H3. The lowest BCUT2D eigenvalue weighted by Crippen LogP contribution is -2.31. The average Bonchev–Trinajstić information content (AvgIpc) is 3.28. The van der Waals surface area contributed by atoms with Crippen LogP contribution in [0.25, 0.3) is 0 Å². The number of benzene rings is 3. The van der Waals surface area contributed by atoms with Crippen LogP contribution in [0.1, 0.15) is 59.7 Å². The minimum atomic E-state index is -0.302. The zero-order valence-electron chi connectivity index (χ0n) is 17.8. The normalized spacial score (nSPS) is 11.5. The van der Waals surface area contributed by atoms with Gasteiger partial charge in [0.05, 0.1) is 5.41 Å². The van der Waals surface area contributed by atoms with Crippen LogP contribution in [0.4, 0.5) is 0 Å². The van der Waals surface area contributed by atoms with Crippen LogP contribution in [-0.2, 0) is 11.8 Å². The first-order chi connectivity index (χ1) is 14.9. The molecule has 0 atom stereocenters.